The van der Waals surface area contributed by atoms with E-state index in [4.69, 9.17) is 39.5 Å². The third-order valence-electron chi connectivity index (χ3n) is 2.98. The van der Waals surface area contributed by atoms with E-state index in [-0.39, 0.29) is 22.7 Å². The highest BCUT2D eigenvalue weighted by atomic mass is 79.9. The third-order valence-corrected chi connectivity index (χ3v) is 6.12. The number of hydrogen-bond acceptors (Lipinski definition) is 4. The highest BCUT2D eigenvalue weighted by molar-refractivity contribution is 9.10. The molecule has 0 radical (unpaired) electrons. The van der Waals surface area contributed by atoms with Crippen molar-refractivity contribution in [2.75, 3.05) is 6.61 Å². The Hall–Kier alpha value is 0.640. The number of carbonyl (C=O) groups is 2. The summed E-state index contributed by atoms with van der Waals surface area (Å²) in [5, 5.41) is -0.0483. The lowest BCUT2D eigenvalue weighted by Gasteiger charge is -2.41. The van der Waals surface area contributed by atoms with Gasteiger partial charge in [-0.25, -0.2) is 4.79 Å². The van der Waals surface area contributed by atoms with Crippen LogP contribution in [0.5, 0.6) is 0 Å². The van der Waals surface area contributed by atoms with Crippen LogP contribution < -0.4 is 0 Å². The summed E-state index contributed by atoms with van der Waals surface area (Å²) in [6.07, 6.45) is 0. The molecular formula is C10H11BrCl3NO3S. The summed E-state index contributed by atoms with van der Waals surface area (Å²) in [5.74, 6) is -0.655. The minimum absolute atomic E-state index is 0.0483. The number of esters is 1. The fourth-order valence-electron chi connectivity index (χ4n) is 2.18. The first-order chi connectivity index (χ1) is 8.54. The smallest absolute Gasteiger partial charge is 0.330 e. The van der Waals surface area contributed by atoms with Crippen LogP contribution in [-0.2, 0) is 14.3 Å². The fraction of sp³-hybridized carbons (Fsp3) is 0.800. The van der Waals surface area contributed by atoms with Crippen molar-refractivity contribution < 1.29 is 14.3 Å². The number of alkyl halides is 4. The Bertz CT molecular complexity index is 429. The van der Waals surface area contributed by atoms with E-state index in [0.29, 0.717) is 0 Å². The minimum atomic E-state index is -1.65. The van der Waals surface area contributed by atoms with Gasteiger partial charge in [-0.3, -0.25) is 4.79 Å². The first-order valence-electron chi connectivity index (χ1n) is 5.42. The molecule has 2 aliphatic rings. The van der Waals surface area contributed by atoms with Gasteiger partial charge in [-0.05, 0) is 13.8 Å². The van der Waals surface area contributed by atoms with Crippen molar-refractivity contribution in [1.29, 1.82) is 0 Å². The molecule has 0 aromatic carbocycles. The number of thioether (sulfide) groups is 1. The Labute approximate surface area is 138 Å². The van der Waals surface area contributed by atoms with Crippen LogP contribution in [0.2, 0.25) is 0 Å². The van der Waals surface area contributed by atoms with Crippen molar-refractivity contribution in [1.82, 2.24) is 4.90 Å². The van der Waals surface area contributed by atoms with Crippen LogP contribution in [0.1, 0.15) is 13.8 Å². The van der Waals surface area contributed by atoms with Gasteiger partial charge in [-0.2, -0.15) is 0 Å². The standard InChI is InChI=1S/C10H11BrCl3NO3S/c1-9(2)5(8(17)18-3-10(12,13)14)15-6(16)4(11)7(15)19-9/h4-5,7H,3H2,1-2H3/t4-,5+,7-/m1/s1. The summed E-state index contributed by atoms with van der Waals surface area (Å²) >= 11 is 21.5. The summed E-state index contributed by atoms with van der Waals surface area (Å²) in [4.78, 5) is 25.2. The molecule has 0 aliphatic carbocycles. The van der Waals surface area contributed by atoms with Gasteiger partial charge in [0, 0.05) is 4.75 Å². The molecule has 2 heterocycles. The molecule has 2 fully saturated rings. The lowest BCUT2D eigenvalue weighted by atomic mass is 9.98. The van der Waals surface area contributed by atoms with E-state index in [1.165, 1.54) is 4.90 Å². The van der Waals surface area contributed by atoms with Crippen LogP contribution in [0.15, 0.2) is 0 Å². The molecule has 0 bridgehead atoms. The molecule has 19 heavy (non-hydrogen) atoms. The molecule has 108 valence electrons. The van der Waals surface area contributed by atoms with Crippen molar-refractivity contribution in [2.24, 2.45) is 0 Å². The summed E-state index contributed by atoms with van der Waals surface area (Å²) in [6.45, 7) is 3.45. The molecule has 0 unspecified atom stereocenters. The van der Waals surface area contributed by atoms with Crippen LogP contribution in [0, 0.1) is 0 Å². The zero-order chi connectivity index (χ0) is 14.6. The van der Waals surface area contributed by atoms with Crippen LogP contribution in [0.4, 0.5) is 0 Å². The molecule has 0 saturated carbocycles. The maximum Gasteiger partial charge on any atom is 0.330 e. The molecule has 0 N–H and O–H groups in total. The van der Waals surface area contributed by atoms with Crippen LogP contribution in [0.25, 0.3) is 0 Å². The van der Waals surface area contributed by atoms with Gasteiger partial charge < -0.3 is 9.64 Å². The summed E-state index contributed by atoms with van der Waals surface area (Å²) in [7, 11) is 0. The number of ether oxygens (including phenoxy) is 1. The van der Waals surface area contributed by atoms with Gasteiger partial charge in [0.1, 0.15) is 22.8 Å². The molecule has 2 rings (SSSR count). The van der Waals surface area contributed by atoms with Crippen molar-refractivity contribution >= 4 is 74.4 Å². The van der Waals surface area contributed by atoms with Crippen molar-refractivity contribution in [3.63, 3.8) is 0 Å². The van der Waals surface area contributed by atoms with Gasteiger partial charge in [0.05, 0.1) is 0 Å². The van der Waals surface area contributed by atoms with Gasteiger partial charge in [0.15, 0.2) is 0 Å². The third kappa shape index (κ3) is 2.98. The number of β-lactam (4-membered cyclic amide) rings is 1. The number of nitrogens with zero attached hydrogens (tertiary/aromatic N) is 1. The topological polar surface area (TPSA) is 46.6 Å². The number of halogens is 4. The van der Waals surface area contributed by atoms with Crippen LogP contribution in [0.3, 0.4) is 0 Å². The van der Waals surface area contributed by atoms with Crippen molar-refractivity contribution in [3.8, 4) is 0 Å². The SMILES string of the molecule is CC1(C)S[C@@H]2[C@H](Br)C(=O)N2[C@H]1C(=O)OCC(Cl)(Cl)Cl. The average Bonchev–Trinajstić information content (AvgIpc) is 2.53. The Morgan fingerprint density at radius 1 is 1.53 bits per heavy atom. The van der Waals surface area contributed by atoms with Gasteiger partial charge in [0.25, 0.3) is 0 Å². The van der Waals surface area contributed by atoms with E-state index in [1.807, 2.05) is 13.8 Å². The zero-order valence-electron chi connectivity index (χ0n) is 10.0. The lowest BCUT2D eigenvalue weighted by Crippen LogP contribution is -2.63. The second-order valence-electron chi connectivity index (χ2n) is 4.88. The van der Waals surface area contributed by atoms with Crippen molar-refractivity contribution in [2.45, 2.75) is 38.6 Å². The molecule has 1 amide bonds. The normalized spacial score (nSPS) is 32.8. The molecular weight excluding hydrogens is 400 g/mol. The van der Waals surface area contributed by atoms with Gasteiger partial charge in [-0.15, -0.1) is 11.8 Å². The zero-order valence-corrected chi connectivity index (χ0v) is 14.7. The molecule has 3 atom stereocenters. The first-order valence-corrected chi connectivity index (χ1v) is 8.35. The monoisotopic (exact) mass is 409 g/mol. The minimum Gasteiger partial charge on any atom is -0.460 e. The predicted molar refractivity (Wildman–Crippen MR) is 80.1 cm³/mol. The van der Waals surface area contributed by atoms with E-state index in [2.05, 4.69) is 15.9 Å². The number of rotatable bonds is 2. The predicted octanol–water partition coefficient (Wildman–Crippen LogP) is 2.73. The van der Waals surface area contributed by atoms with E-state index < -0.39 is 20.6 Å². The molecule has 4 nitrogen and oxygen atoms in total. The number of amides is 1. The lowest BCUT2D eigenvalue weighted by molar-refractivity contribution is -0.160. The fourth-order valence-corrected chi connectivity index (χ4v) is 4.69. The Morgan fingerprint density at radius 3 is 2.63 bits per heavy atom. The highest BCUT2D eigenvalue weighted by Crippen LogP contribution is 2.53. The summed E-state index contributed by atoms with van der Waals surface area (Å²) in [5.41, 5.74) is 0. The first kappa shape index (κ1) is 16.0. The van der Waals surface area contributed by atoms with E-state index >= 15 is 0 Å². The van der Waals surface area contributed by atoms with E-state index in [1.54, 1.807) is 11.8 Å². The number of carbonyl (C=O) groups excluding carboxylic acids is 2. The van der Waals surface area contributed by atoms with Gasteiger partial charge in [-0.1, -0.05) is 50.7 Å². The summed E-state index contributed by atoms with van der Waals surface area (Å²) in [6, 6.07) is -0.656. The Balaban J connectivity index is 2.10. The molecule has 0 aromatic heterocycles. The number of hydrogen-bond donors (Lipinski definition) is 0. The molecule has 0 aromatic rings. The Morgan fingerprint density at radius 2 is 2.11 bits per heavy atom. The quantitative estimate of drug-likeness (QED) is 0.398. The molecule has 0 spiro atoms. The largest absolute Gasteiger partial charge is 0.460 e. The second-order valence-corrected chi connectivity index (χ2v) is 10.2. The number of fused-ring (bicyclic) bond motifs is 1. The molecule has 2 aliphatic heterocycles. The maximum absolute atomic E-state index is 12.1. The summed E-state index contributed by atoms with van der Waals surface area (Å²) < 4.78 is 2.92. The molecule has 2 saturated heterocycles. The van der Waals surface area contributed by atoms with Crippen LogP contribution in [-0.4, -0.2) is 48.2 Å². The molecule has 9 heteroatoms. The second kappa shape index (κ2) is 5.13. The van der Waals surface area contributed by atoms with Gasteiger partial charge >= 0.3 is 5.97 Å². The van der Waals surface area contributed by atoms with Crippen molar-refractivity contribution in [3.05, 3.63) is 0 Å². The van der Waals surface area contributed by atoms with E-state index in [0.717, 1.165) is 0 Å². The highest BCUT2D eigenvalue weighted by Gasteiger charge is 2.63. The van der Waals surface area contributed by atoms with Crippen LogP contribution >= 0.6 is 62.5 Å². The average molecular weight is 412 g/mol. The Kier molecular flexibility index (Phi) is 4.32. The van der Waals surface area contributed by atoms with Gasteiger partial charge in [0.2, 0.25) is 9.70 Å². The van der Waals surface area contributed by atoms with E-state index in [9.17, 15) is 9.59 Å². The maximum atomic E-state index is 12.1.